The average Bonchev–Trinajstić information content (AvgIpc) is 3.12. The molecule has 4 unspecified atom stereocenters. The number of ketones is 1. The van der Waals surface area contributed by atoms with Crippen molar-refractivity contribution in [2.75, 3.05) is 26.7 Å². The molecule has 5 heteroatoms. The van der Waals surface area contributed by atoms with Gasteiger partial charge in [0.25, 0.3) is 0 Å². The zero-order valence-electron chi connectivity index (χ0n) is 22.6. The highest BCUT2D eigenvalue weighted by Gasteiger charge is 2.57. The van der Waals surface area contributed by atoms with Crippen LogP contribution in [0.2, 0.25) is 0 Å². The normalized spacial score (nSPS) is 28.6. The number of aliphatic hydroxyl groups excluding tert-OH is 2. The molecule has 1 saturated carbocycles. The van der Waals surface area contributed by atoms with Crippen molar-refractivity contribution in [3.8, 4) is 0 Å². The number of aliphatic hydroxyl groups is 3. The van der Waals surface area contributed by atoms with Gasteiger partial charge in [-0.05, 0) is 82.0 Å². The Balaban J connectivity index is 1.83. The molecule has 3 aliphatic rings. The Kier molecular flexibility index (Phi) is 8.70. The lowest BCUT2D eigenvalue weighted by atomic mass is 9.64. The van der Waals surface area contributed by atoms with Crippen LogP contribution in [0.4, 0.5) is 0 Å². The summed E-state index contributed by atoms with van der Waals surface area (Å²) >= 11 is 0. The van der Waals surface area contributed by atoms with Crippen molar-refractivity contribution in [2.24, 2.45) is 5.41 Å². The Morgan fingerprint density at radius 3 is 2.59 bits per heavy atom. The molecule has 37 heavy (non-hydrogen) atoms. The van der Waals surface area contributed by atoms with Gasteiger partial charge < -0.3 is 20.2 Å². The van der Waals surface area contributed by atoms with E-state index >= 15 is 0 Å². The molecule has 3 aliphatic carbocycles. The molecule has 5 rings (SSSR count). The fraction of sp³-hybridized carbons (Fsp3) is 0.531. The topological polar surface area (TPSA) is 81.0 Å². The van der Waals surface area contributed by atoms with Crippen LogP contribution in [0.1, 0.15) is 85.3 Å². The van der Waals surface area contributed by atoms with Gasteiger partial charge >= 0.3 is 0 Å². The van der Waals surface area contributed by atoms with Crippen LogP contribution in [0.3, 0.4) is 0 Å². The molecular formula is C32H43NO4. The van der Waals surface area contributed by atoms with E-state index in [4.69, 9.17) is 0 Å². The van der Waals surface area contributed by atoms with Gasteiger partial charge in [0.05, 0.1) is 18.3 Å². The summed E-state index contributed by atoms with van der Waals surface area (Å²) in [5, 5.41) is 32.4. The second-order valence-corrected chi connectivity index (χ2v) is 11.6. The van der Waals surface area contributed by atoms with Gasteiger partial charge in [-0.25, -0.2) is 0 Å². The first-order valence-electron chi connectivity index (χ1n) is 13.7. The van der Waals surface area contributed by atoms with Crippen molar-refractivity contribution in [3.05, 3.63) is 82.4 Å². The zero-order chi connectivity index (χ0) is 26.6. The largest absolute Gasteiger partial charge is 0.395 e. The predicted molar refractivity (Wildman–Crippen MR) is 148 cm³/mol. The molecule has 3 N–H and O–H groups in total. The monoisotopic (exact) mass is 505 g/mol. The number of fused-ring (bicyclic) bond motifs is 8. The molecule has 0 saturated heterocycles. The van der Waals surface area contributed by atoms with Gasteiger partial charge in [0.15, 0.2) is 5.78 Å². The Bertz CT molecular complexity index is 1110. The molecule has 0 spiro atoms. The van der Waals surface area contributed by atoms with Crippen LogP contribution >= 0.6 is 0 Å². The van der Waals surface area contributed by atoms with Crippen molar-refractivity contribution in [3.63, 3.8) is 0 Å². The first-order chi connectivity index (χ1) is 17.7. The third-order valence-electron chi connectivity index (χ3n) is 8.97. The van der Waals surface area contributed by atoms with Crippen LogP contribution in [0, 0.1) is 5.41 Å². The maximum Gasteiger partial charge on any atom is 0.193 e. The van der Waals surface area contributed by atoms with Crippen LogP contribution in [0.25, 0.3) is 0 Å². The lowest BCUT2D eigenvalue weighted by molar-refractivity contribution is -0.0810. The second-order valence-electron chi connectivity index (χ2n) is 11.6. The molecule has 200 valence electrons. The third-order valence-corrected chi connectivity index (χ3v) is 8.97. The highest BCUT2D eigenvalue weighted by atomic mass is 16.3. The highest BCUT2D eigenvalue weighted by molar-refractivity contribution is 6.10. The van der Waals surface area contributed by atoms with E-state index in [0.717, 1.165) is 36.8 Å². The average molecular weight is 506 g/mol. The zero-order valence-corrected chi connectivity index (χ0v) is 22.6. The Morgan fingerprint density at radius 2 is 1.86 bits per heavy atom. The maximum absolute atomic E-state index is 13.9. The fourth-order valence-electron chi connectivity index (χ4n) is 6.64. The van der Waals surface area contributed by atoms with E-state index in [0.29, 0.717) is 43.5 Å². The number of benzene rings is 2. The van der Waals surface area contributed by atoms with E-state index in [2.05, 4.69) is 32.1 Å². The first kappa shape index (κ1) is 27.7. The van der Waals surface area contributed by atoms with Crippen LogP contribution in [-0.2, 0) is 6.42 Å². The molecule has 0 radical (unpaired) electrons. The second kappa shape index (κ2) is 11.6. The summed E-state index contributed by atoms with van der Waals surface area (Å²) in [6.45, 7) is 5.36. The Hall–Kier alpha value is -2.31. The number of hydrogen-bond donors (Lipinski definition) is 3. The van der Waals surface area contributed by atoms with E-state index in [9.17, 15) is 20.1 Å². The molecule has 4 atom stereocenters. The van der Waals surface area contributed by atoms with Gasteiger partial charge in [0.2, 0.25) is 0 Å². The summed E-state index contributed by atoms with van der Waals surface area (Å²) in [7, 11) is 1.95. The smallest absolute Gasteiger partial charge is 0.193 e. The number of carbonyl (C=O) groups excluding carboxylic acids is 1. The summed E-state index contributed by atoms with van der Waals surface area (Å²) in [5.41, 5.74) is 3.17. The molecule has 0 aromatic heterocycles. The number of likely N-dealkylation sites (N-methyl/N-ethyl adjacent to an activating group) is 1. The van der Waals surface area contributed by atoms with Crippen molar-refractivity contribution in [1.29, 1.82) is 0 Å². The minimum Gasteiger partial charge on any atom is -0.395 e. The molecule has 0 aliphatic heterocycles. The summed E-state index contributed by atoms with van der Waals surface area (Å²) in [6.07, 6.45) is 6.89. The van der Waals surface area contributed by atoms with E-state index < -0.39 is 17.1 Å². The fourth-order valence-corrected chi connectivity index (χ4v) is 6.64. The van der Waals surface area contributed by atoms with Gasteiger partial charge in [-0.15, -0.1) is 0 Å². The lowest BCUT2D eigenvalue weighted by Crippen LogP contribution is -2.52. The molecular weight excluding hydrogens is 462 g/mol. The number of nitrogens with zero attached hydrogens (tertiary/aromatic N) is 1. The summed E-state index contributed by atoms with van der Waals surface area (Å²) in [5.74, 6) is 0.00303. The van der Waals surface area contributed by atoms with Gasteiger partial charge in [0, 0.05) is 29.6 Å². The summed E-state index contributed by atoms with van der Waals surface area (Å²) < 4.78 is 0. The molecule has 2 aromatic carbocycles. The molecule has 5 nitrogen and oxygen atoms in total. The maximum atomic E-state index is 13.9. The van der Waals surface area contributed by atoms with E-state index in [1.807, 2.05) is 48.3 Å². The molecule has 2 bridgehead atoms. The predicted octanol–water partition coefficient (Wildman–Crippen LogP) is 4.88. The minimum atomic E-state index is -0.942. The van der Waals surface area contributed by atoms with Gasteiger partial charge in [-0.2, -0.15) is 0 Å². The quantitative estimate of drug-likeness (QED) is 0.385. The van der Waals surface area contributed by atoms with Gasteiger partial charge in [0.1, 0.15) is 0 Å². The van der Waals surface area contributed by atoms with Gasteiger partial charge in [-0.3, -0.25) is 4.79 Å². The highest BCUT2D eigenvalue weighted by Crippen LogP contribution is 2.58. The summed E-state index contributed by atoms with van der Waals surface area (Å²) in [6, 6.07) is 15.5. The lowest BCUT2D eigenvalue weighted by Gasteiger charge is -2.45. The summed E-state index contributed by atoms with van der Waals surface area (Å²) in [4.78, 5) is 15.9. The van der Waals surface area contributed by atoms with Crippen molar-refractivity contribution in [1.82, 2.24) is 4.90 Å². The number of hydrogen-bond acceptors (Lipinski definition) is 5. The Morgan fingerprint density at radius 1 is 1.11 bits per heavy atom. The molecule has 2 aromatic rings. The van der Waals surface area contributed by atoms with E-state index in [1.165, 1.54) is 5.57 Å². The van der Waals surface area contributed by atoms with Crippen molar-refractivity contribution >= 4 is 5.78 Å². The third kappa shape index (κ3) is 5.91. The van der Waals surface area contributed by atoms with E-state index in [1.54, 1.807) is 0 Å². The van der Waals surface area contributed by atoms with Crippen LogP contribution in [0.15, 0.2) is 60.2 Å². The van der Waals surface area contributed by atoms with Crippen LogP contribution in [-0.4, -0.2) is 64.5 Å². The standard InChI is InChI=1S/C32H43NO4/c1-23-8-7-16-31(2)29(15-17-32(31,37)22-33(3)18-19-34)27-14-12-24(20-26(35)13-11-23)21-28(27)30(36)25-9-5-4-6-10-25/h4-6,8-10,12,14,21,26,29,34-35,37H,7,11,13,15-20,22H2,1-3H3. The van der Waals surface area contributed by atoms with Gasteiger partial charge in [-0.1, -0.05) is 61.0 Å². The SMILES string of the molecule is CC1=CCCC2(C)C(CCC2(O)CN(C)CCO)c2ccc(cc2C(=O)c2ccccc2)CC(O)CC1. The molecule has 0 heterocycles. The van der Waals surface area contributed by atoms with E-state index in [-0.39, 0.29) is 18.3 Å². The van der Waals surface area contributed by atoms with Crippen molar-refractivity contribution < 1.29 is 20.1 Å². The molecule has 0 amide bonds. The number of allylic oxidation sites excluding steroid dienone is 2. The Labute approximate surface area is 221 Å². The minimum absolute atomic E-state index is 0.00929. The van der Waals surface area contributed by atoms with Crippen molar-refractivity contribution in [2.45, 2.75) is 76.4 Å². The number of rotatable bonds is 6. The number of carbonyl (C=O) groups is 1. The van der Waals surface area contributed by atoms with Crippen LogP contribution in [0.5, 0.6) is 0 Å². The van der Waals surface area contributed by atoms with Crippen LogP contribution < -0.4 is 0 Å². The first-order valence-corrected chi connectivity index (χ1v) is 13.7. The molecule has 1 fully saturated rings.